The molecule has 0 saturated heterocycles. The summed E-state index contributed by atoms with van der Waals surface area (Å²) in [5.74, 6) is -1.25. The molecule has 0 saturated carbocycles. The van der Waals surface area contributed by atoms with E-state index in [1.54, 1.807) is 18.2 Å². The molecule has 1 aromatic heterocycles. The van der Waals surface area contributed by atoms with Gasteiger partial charge in [-0.1, -0.05) is 40.9 Å². The van der Waals surface area contributed by atoms with Crippen LogP contribution in [0, 0.1) is 0 Å². The first kappa shape index (κ1) is 16.8. The third-order valence-electron chi connectivity index (χ3n) is 3.44. The van der Waals surface area contributed by atoms with Crippen molar-refractivity contribution < 1.29 is 9.90 Å². The maximum Gasteiger partial charge on any atom is 0.357 e. The van der Waals surface area contributed by atoms with Crippen molar-refractivity contribution in [3.8, 4) is 0 Å². The average molecular weight is 384 g/mol. The van der Waals surface area contributed by atoms with Gasteiger partial charge in [0.15, 0.2) is 5.69 Å². The Balaban J connectivity index is 2.19. The molecule has 0 unspecified atom stereocenters. The summed E-state index contributed by atoms with van der Waals surface area (Å²) < 4.78 is 1.08. The first-order valence-electron chi connectivity index (χ1n) is 6.74. The third-order valence-corrected chi connectivity index (χ3v) is 4.42. The van der Waals surface area contributed by atoms with E-state index in [1.807, 2.05) is 0 Å². The maximum absolute atomic E-state index is 12.6. The second-order valence-corrected chi connectivity index (χ2v) is 6.31. The summed E-state index contributed by atoms with van der Waals surface area (Å²) in [7, 11) is 0. The Labute approximate surface area is 151 Å². The van der Waals surface area contributed by atoms with Gasteiger partial charge in [0, 0.05) is 10.4 Å². The highest BCUT2D eigenvalue weighted by Crippen LogP contribution is 2.23. The number of carboxylic acid groups (broad SMARTS) is 1. The maximum atomic E-state index is 12.6. The van der Waals surface area contributed by atoms with Crippen molar-refractivity contribution in [3.63, 3.8) is 0 Å². The Bertz CT molecular complexity index is 1030. The zero-order chi connectivity index (χ0) is 17.4. The summed E-state index contributed by atoms with van der Waals surface area (Å²) in [6.07, 6.45) is 0. The lowest BCUT2D eigenvalue weighted by Gasteiger charge is -2.10. The van der Waals surface area contributed by atoms with Crippen molar-refractivity contribution in [1.29, 1.82) is 0 Å². The van der Waals surface area contributed by atoms with Crippen LogP contribution in [0.15, 0.2) is 41.2 Å². The van der Waals surface area contributed by atoms with E-state index in [1.165, 1.54) is 18.2 Å². The van der Waals surface area contributed by atoms with E-state index in [9.17, 15) is 14.7 Å². The zero-order valence-electron chi connectivity index (χ0n) is 12.0. The standard InChI is InChI=1S/C16H9Cl3N2O3/c17-9-2-3-10-11(6-9)14(16(23)24)20-21(15(10)22)7-8-1-4-12(18)13(19)5-8/h1-6H,7H2,(H,23,24). The SMILES string of the molecule is O=C(O)c1nn(Cc2ccc(Cl)c(Cl)c2)c(=O)c2ccc(Cl)cc12. The van der Waals surface area contributed by atoms with Gasteiger partial charge in [-0.3, -0.25) is 4.79 Å². The van der Waals surface area contributed by atoms with Gasteiger partial charge in [0.1, 0.15) is 0 Å². The zero-order valence-corrected chi connectivity index (χ0v) is 14.2. The predicted octanol–water partition coefficient (Wildman–Crippen LogP) is 4.10. The van der Waals surface area contributed by atoms with Crippen LogP contribution in [-0.4, -0.2) is 20.9 Å². The number of hydrogen-bond acceptors (Lipinski definition) is 3. The van der Waals surface area contributed by atoms with Crippen molar-refractivity contribution in [2.24, 2.45) is 0 Å². The first-order valence-corrected chi connectivity index (χ1v) is 7.88. The topological polar surface area (TPSA) is 72.2 Å². The van der Waals surface area contributed by atoms with Gasteiger partial charge in [-0.2, -0.15) is 5.10 Å². The monoisotopic (exact) mass is 382 g/mol. The molecule has 0 radical (unpaired) electrons. The Hall–Kier alpha value is -2.08. The summed E-state index contributed by atoms with van der Waals surface area (Å²) in [6, 6.07) is 9.32. The lowest BCUT2D eigenvalue weighted by atomic mass is 10.1. The van der Waals surface area contributed by atoms with E-state index >= 15 is 0 Å². The number of fused-ring (bicyclic) bond motifs is 1. The third kappa shape index (κ3) is 3.11. The van der Waals surface area contributed by atoms with Crippen LogP contribution >= 0.6 is 34.8 Å². The highest BCUT2D eigenvalue weighted by molar-refractivity contribution is 6.42. The van der Waals surface area contributed by atoms with Crippen molar-refractivity contribution in [3.05, 3.63) is 73.1 Å². The first-order chi connectivity index (χ1) is 11.4. The molecule has 0 aliphatic carbocycles. The molecule has 1 heterocycles. The number of aromatic carboxylic acids is 1. The molecule has 2 aromatic carbocycles. The van der Waals surface area contributed by atoms with Gasteiger partial charge < -0.3 is 5.11 Å². The second kappa shape index (κ2) is 6.43. The minimum atomic E-state index is -1.25. The van der Waals surface area contributed by atoms with Crippen LogP contribution < -0.4 is 5.56 Å². The Morgan fingerprint density at radius 2 is 1.79 bits per heavy atom. The van der Waals surface area contributed by atoms with Gasteiger partial charge >= 0.3 is 5.97 Å². The molecule has 24 heavy (non-hydrogen) atoms. The molecule has 0 bridgehead atoms. The molecule has 5 nitrogen and oxygen atoms in total. The number of aromatic nitrogens is 2. The Kier molecular flexibility index (Phi) is 4.49. The van der Waals surface area contributed by atoms with E-state index in [2.05, 4.69) is 5.10 Å². The smallest absolute Gasteiger partial charge is 0.357 e. The predicted molar refractivity (Wildman–Crippen MR) is 93.5 cm³/mol. The highest BCUT2D eigenvalue weighted by Gasteiger charge is 2.16. The molecule has 0 spiro atoms. The fraction of sp³-hybridized carbons (Fsp3) is 0.0625. The van der Waals surface area contributed by atoms with Crippen LogP contribution in [0.25, 0.3) is 10.8 Å². The van der Waals surface area contributed by atoms with Gasteiger partial charge in [0.25, 0.3) is 5.56 Å². The number of carboxylic acids is 1. The highest BCUT2D eigenvalue weighted by atomic mass is 35.5. The molecular weight excluding hydrogens is 375 g/mol. The van der Waals surface area contributed by atoms with Gasteiger partial charge in [-0.05, 0) is 35.9 Å². The molecule has 0 atom stereocenters. The van der Waals surface area contributed by atoms with Crippen LogP contribution in [0.2, 0.25) is 15.1 Å². The van der Waals surface area contributed by atoms with E-state index in [0.29, 0.717) is 20.6 Å². The molecule has 3 aromatic rings. The van der Waals surface area contributed by atoms with Crippen LogP contribution in [0.5, 0.6) is 0 Å². The fourth-order valence-electron chi connectivity index (χ4n) is 2.33. The summed E-state index contributed by atoms with van der Waals surface area (Å²) in [4.78, 5) is 24.1. The summed E-state index contributed by atoms with van der Waals surface area (Å²) in [5.41, 5.74) is 0.00792. The lowest BCUT2D eigenvalue weighted by molar-refractivity contribution is 0.0690. The summed E-state index contributed by atoms with van der Waals surface area (Å²) in [5, 5.41) is 14.8. The minimum Gasteiger partial charge on any atom is -0.476 e. The molecular formula is C16H9Cl3N2O3. The molecule has 0 fully saturated rings. The van der Waals surface area contributed by atoms with Crippen LogP contribution in [-0.2, 0) is 6.54 Å². The molecule has 0 aliphatic rings. The van der Waals surface area contributed by atoms with E-state index in [0.717, 1.165) is 4.68 Å². The number of carbonyl (C=O) groups is 1. The molecule has 0 amide bonds. The van der Waals surface area contributed by atoms with Gasteiger partial charge in [0.2, 0.25) is 0 Å². The van der Waals surface area contributed by atoms with Crippen molar-refractivity contribution in [2.45, 2.75) is 6.54 Å². The number of rotatable bonds is 3. The number of nitrogens with zero attached hydrogens (tertiary/aromatic N) is 2. The number of benzene rings is 2. The van der Waals surface area contributed by atoms with E-state index in [-0.39, 0.29) is 23.0 Å². The van der Waals surface area contributed by atoms with Crippen LogP contribution in [0.4, 0.5) is 0 Å². The molecule has 1 N–H and O–H groups in total. The van der Waals surface area contributed by atoms with Crippen LogP contribution in [0.1, 0.15) is 16.1 Å². The fourth-order valence-corrected chi connectivity index (χ4v) is 2.83. The Morgan fingerprint density at radius 1 is 1.04 bits per heavy atom. The molecule has 8 heteroatoms. The van der Waals surface area contributed by atoms with Crippen molar-refractivity contribution >= 4 is 51.5 Å². The molecule has 3 rings (SSSR count). The molecule has 122 valence electrons. The molecule has 0 aliphatic heterocycles. The largest absolute Gasteiger partial charge is 0.476 e. The summed E-state index contributed by atoms with van der Waals surface area (Å²) >= 11 is 17.7. The minimum absolute atomic E-state index is 0.0641. The van der Waals surface area contributed by atoms with Gasteiger partial charge in [-0.25, -0.2) is 9.48 Å². The number of halogens is 3. The van der Waals surface area contributed by atoms with E-state index in [4.69, 9.17) is 34.8 Å². The van der Waals surface area contributed by atoms with Crippen molar-refractivity contribution in [2.75, 3.05) is 0 Å². The summed E-state index contributed by atoms with van der Waals surface area (Å²) in [6.45, 7) is 0.0641. The number of hydrogen-bond donors (Lipinski definition) is 1. The average Bonchev–Trinajstić information content (AvgIpc) is 2.53. The quantitative estimate of drug-likeness (QED) is 0.739. The lowest BCUT2D eigenvalue weighted by Crippen LogP contribution is -2.26. The second-order valence-electron chi connectivity index (χ2n) is 5.05. The van der Waals surface area contributed by atoms with E-state index < -0.39 is 11.5 Å². The van der Waals surface area contributed by atoms with Gasteiger partial charge in [0.05, 0.1) is 22.0 Å². The van der Waals surface area contributed by atoms with Crippen LogP contribution in [0.3, 0.4) is 0 Å². The van der Waals surface area contributed by atoms with Gasteiger partial charge in [-0.15, -0.1) is 0 Å². The Morgan fingerprint density at radius 3 is 2.46 bits per heavy atom. The normalized spacial score (nSPS) is 11.0. The van der Waals surface area contributed by atoms with Crippen molar-refractivity contribution in [1.82, 2.24) is 9.78 Å².